The molecule has 0 spiro atoms. The van der Waals surface area contributed by atoms with Crippen molar-refractivity contribution in [1.29, 1.82) is 0 Å². The van der Waals surface area contributed by atoms with Crippen molar-refractivity contribution in [3.05, 3.63) is 77.2 Å². The summed E-state index contributed by atoms with van der Waals surface area (Å²) in [4.78, 5) is 28.5. The first-order chi connectivity index (χ1) is 13.2. The van der Waals surface area contributed by atoms with E-state index in [0.717, 1.165) is 36.3 Å². The lowest BCUT2D eigenvalue weighted by molar-refractivity contribution is -0.115. The van der Waals surface area contributed by atoms with Crippen LogP contribution in [0.2, 0.25) is 0 Å². The second-order valence-electron chi connectivity index (χ2n) is 6.68. The summed E-state index contributed by atoms with van der Waals surface area (Å²) in [6, 6.07) is 19.4. The highest BCUT2D eigenvalue weighted by atomic mass is 32.2. The number of nitrogens with zero attached hydrogens (tertiary/aromatic N) is 1. The maximum atomic E-state index is 13.2. The molecule has 1 heterocycles. The number of ketones is 1. The van der Waals surface area contributed by atoms with Crippen molar-refractivity contribution >= 4 is 29.1 Å². The Hall–Kier alpha value is -2.33. The molecule has 3 rings (SSSR count). The van der Waals surface area contributed by atoms with Crippen molar-refractivity contribution < 1.29 is 9.59 Å². The fraction of sp³-hybridized carbons (Fsp3) is 0.304. The monoisotopic (exact) mass is 379 g/mol. The molecule has 0 radical (unpaired) electrons. The van der Waals surface area contributed by atoms with Gasteiger partial charge in [-0.1, -0.05) is 68.3 Å². The molecular formula is C23H25NO2S. The van der Waals surface area contributed by atoms with Gasteiger partial charge in [0.1, 0.15) is 0 Å². The molecule has 0 N–H and O–H groups in total. The van der Waals surface area contributed by atoms with Crippen LogP contribution in [0.5, 0.6) is 0 Å². The topological polar surface area (TPSA) is 37.4 Å². The van der Waals surface area contributed by atoms with Gasteiger partial charge in [-0.25, -0.2) is 0 Å². The molecule has 3 nitrogen and oxygen atoms in total. The van der Waals surface area contributed by atoms with Crippen LogP contribution in [-0.4, -0.2) is 24.0 Å². The highest BCUT2D eigenvalue weighted by Crippen LogP contribution is 2.31. The van der Waals surface area contributed by atoms with Crippen LogP contribution in [0.25, 0.3) is 0 Å². The van der Waals surface area contributed by atoms with Gasteiger partial charge in [0.15, 0.2) is 5.78 Å². The summed E-state index contributed by atoms with van der Waals surface area (Å²) in [6.07, 6.45) is 4.89. The predicted molar refractivity (Wildman–Crippen MR) is 113 cm³/mol. The first-order valence-electron chi connectivity index (χ1n) is 9.51. The van der Waals surface area contributed by atoms with E-state index in [4.69, 9.17) is 0 Å². The Labute approximate surface area is 165 Å². The Morgan fingerprint density at radius 1 is 0.963 bits per heavy atom. The highest BCUT2D eigenvalue weighted by Gasteiger charge is 2.32. The molecule has 1 unspecified atom stereocenters. The van der Waals surface area contributed by atoms with Crippen molar-refractivity contribution in [1.82, 2.24) is 0 Å². The third kappa shape index (κ3) is 4.89. The summed E-state index contributed by atoms with van der Waals surface area (Å²) in [5, 5.41) is 0. The van der Waals surface area contributed by atoms with Gasteiger partial charge in [0.25, 0.3) is 5.91 Å². The molecule has 1 atom stereocenters. The lowest BCUT2D eigenvalue weighted by Gasteiger charge is -2.25. The molecule has 0 saturated heterocycles. The van der Waals surface area contributed by atoms with Crippen molar-refractivity contribution in [2.45, 2.75) is 32.1 Å². The van der Waals surface area contributed by atoms with Gasteiger partial charge in [0.05, 0.1) is 10.8 Å². The molecule has 2 aromatic rings. The van der Waals surface area contributed by atoms with E-state index < -0.39 is 0 Å². The molecular weight excluding hydrogens is 354 g/mol. The minimum atomic E-state index is -0.343. The molecule has 27 heavy (non-hydrogen) atoms. The van der Waals surface area contributed by atoms with Crippen molar-refractivity contribution in [2.75, 3.05) is 17.2 Å². The minimum absolute atomic E-state index is 0.00553. The first-order valence-corrected chi connectivity index (χ1v) is 10.5. The first kappa shape index (κ1) is 19.4. The number of unbranched alkanes of at least 4 members (excludes halogenated alkanes) is 2. The SMILES string of the molecule is CCCCCSC1=CC(=O)C(c2ccccc2)CN(c2ccccc2)C1=O. The van der Waals surface area contributed by atoms with E-state index in [-0.39, 0.29) is 17.6 Å². The quantitative estimate of drug-likeness (QED) is 0.621. The van der Waals surface area contributed by atoms with Crippen molar-refractivity contribution in [2.24, 2.45) is 0 Å². The summed E-state index contributed by atoms with van der Waals surface area (Å²) in [5.41, 5.74) is 1.78. The van der Waals surface area contributed by atoms with Crippen LogP contribution in [0.1, 0.15) is 37.7 Å². The zero-order valence-corrected chi connectivity index (χ0v) is 16.5. The number of amides is 1. The summed E-state index contributed by atoms with van der Waals surface area (Å²) in [7, 11) is 0. The molecule has 140 valence electrons. The maximum Gasteiger partial charge on any atom is 0.264 e. The van der Waals surface area contributed by atoms with E-state index >= 15 is 0 Å². The molecule has 0 aromatic heterocycles. The molecule has 0 saturated carbocycles. The minimum Gasteiger partial charge on any atom is -0.307 e. The van der Waals surface area contributed by atoms with Gasteiger partial charge in [-0.2, -0.15) is 0 Å². The van der Waals surface area contributed by atoms with E-state index in [0.29, 0.717) is 11.4 Å². The molecule has 1 amide bonds. The van der Waals surface area contributed by atoms with Gasteiger partial charge < -0.3 is 4.90 Å². The third-order valence-electron chi connectivity index (χ3n) is 4.71. The van der Waals surface area contributed by atoms with Gasteiger partial charge in [-0.05, 0) is 29.9 Å². The maximum absolute atomic E-state index is 13.2. The number of benzene rings is 2. The number of carbonyl (C=O) groups is 2. The Morgan fingerprint density at radius 2 is 1.63 bits per heavy atom. The van der Waals surface area contributed by atoms with Crippen LogP contribution in [0.4, 0.5) is 5.69 Å². The van der Waals surface area contributed by atoms with Crippen LogP contribution in [0, 0.1) is 0 Å². The molecule has 0 bridgehead atoms. The number of para-hydroxylation sites is 1. The smallest absolute Gasteiger partial charge is 0.264 e. The number of hydrogen-bond donors (Lipinski definition) is 0. The standard InChI is InChI=1S/C23H25NO2S/c1-2-3-10-15-27-22-16-21(25)20(18-11-6-4-7-12-18)17-24(23(22)26)19-13-8-5-9-14-19/h4-9,11-14,16,20H,2-3,10,15,17H2,1H3. The van der Waals surface area contributed by atoms with Crippen molar-refractivity contribution in [3.8, 4) is 0 Å². The number of allylic oxidation sites excluding steroid dienone is 1. The normalized spacial score (nSPS) is 17.6. The van der Waals surface area contributed by atoms with E-state index in [1.165, 1.54) is 11.8 Å². The summed E-state index contributed by atoms with van der Waals surface area (Å²) in [5.74, 6) is 0.446. The number of thioether (sulfide) groups is 1. The fourth-order valence-corrected chi connectivity index (χ4v) is 4.20. The second-order valence-corrected chi connectivity index (χ2v) is 7.82. The highest BCUT2D eigenvalue weighted by molar-refractivity contribution is 8.04. The summed E-state index contributed by atoms with van der Waals surface area (Å²) in [6.45, 7) is 2.52. The number of rotatable bonds is 7. The molecule has 2 aromatic carbocycles. The molecule has 1 aliphatic rings. The van der Waals surface area contributed by atoms with Gasteiger partial charge in [0.2, 0.25) is 0 Å². The molecule has 0 fully saturated rings. The Kier molecular flexibility index (Phi) is 6.88. The van der Waals surface area contributed by atoms with E-state index in [9.17, 15) is 9.59 Å². The van der Waals surface area contributed by atoms with Gasteiger partial charge in [-0.15, -0.1) is 11.8 Å². The Balaban J connectivity index is 1.92. The molecule has 4 heteroatoms. The van der Waals surface area contributed by atoms with E-state index in [1.807, 2.05) is 60.7 Å². The summed E-state index contributed by atoms with van der Waals surface area (Å²) >= 11 is 1.51. The lowest BCUT2D eigenvalue weighted by atomic mass is 9.94. The number of carbonyl (C=O) groups excluding carboxylic acids is 2. The van der Waals surface area contributed by atoms with Gasteiger partial charge in [0, 0.05) is 18.3 Å². The number of anilines is 1. The van der Waals surface area contributed by atoms with Gasteiger partial charge in [-0.3, -0.25) is 9.59 Å². The predicted octanol–water partition coefficient (Wildman–Crippen LogP) is 5.19. The lowest BCUT2D eigenvalue weighted by Crippen LogP contribution is -2.34. The second kappa shape index (κ2) is 9.56. The van der Waals surface area contributed by atoms with Crippen LogP contribution >= 0.6 is 11.8 Å². The van der Waals surface area contributed by atoms with Crippen molar-refractivity contribution in [3.63, 3.8) is 0 Å². The van der Waals surface area contributed by atoms with Gasteiger partial charge >= 0.3 is 0 Å². The van der Waals surface area contributed by atoms with Crippen LogP contribution < -0.4 is 4.90 Å². The van der Waals surface area contributed by atoms with Crippen LogP contribution in [0.15, 0.2) is 71.6 Å². The van der Waals surface area contributed by atoms with E-state index in [2.05, 4.69) is 6.92 Å². The third-order valence-corrected chi connectivity index (χ3v) is 5.81. The van der Waals surface area contributed by atoms with Crippen LogP contribution in [-0.2, 0) is 9.59 Å². The van der Waals surface area contributed by atoms with E-state index in [1.54, 1.807) is 11.0 Å². The fourth-order valence-electron chi connectivity index (χ4n) is 3.20. The zero-order valence-electron chi connectivity index (χ0n) is 15.6. The summed E-state index contributed by atoms with van der Waals surface area (Å²) < 4.78 is 0. The number of hydrogen-bond acceptors (Lipinski definition) is 3. The largest absolute Gasteiger partial charge is 0.307 e. The molecule has 1 aliphatic heterocycles. The Bertz CT molecular complexity index is 802. The average molecular weight is 380 g/mol. The average Bonchev–Trinajstić information content (AvgIpc) is 2.83. The Morgan fingerprint density at radius 3 is 2.30 bits per heavy atom. The molecule has 0 aliphatic carbocycles. The van der Waals surface area contributed by atoms with Crippen LogP contribution in [0.3, 0.4) is 0 Å². The zero-order chi connectivity index (χ0) is 19.1.